The fourth-order valence-corrected chi connectivity index (χ4v) is 2.24. The van der Waals surface area contributed by atoms with Crippen LogP contribution in [-0.2, 0) is 6.42 Å². The molecule has 0 saturated carbocycles. The number of nitrogens with zero attached hydrogens (tertiary/aromatic N) is 3. The average molecular weight is 327 g/mol. The maximum Gasteiger partial charge on any atom is 0.270 e. The first-order chi connectivity index (χ1) is 11.5. The van der Waals surface area contributed by atoms with E-state index in [0.29, 0.717) is 23.9 Å². The first kappa shape index (κ1) is 17.9. The minimum absolute atomic E-state index is 0.173. The Kier molecular flexibility index (Phi) is 6.69. The Morgan fingerprint density at radius 2 is 1.88 bits per heavy atom. The lowest BCUT2D eigenvalue weighted by Gasteiger charge is -2.11. The van der Waals surface area contributed by atoms with Gasteiger partial charge in [-0.1, -0.05) is 30.3 Å². The lowest BCUT2D eigenvalue weighted by Crippen LogP contribution is -2.32. The lowest BCUT2D eigenvalue weighted by molar-refractivity contribution is 0.0945. The number of carbonyl (C=O) groups excluding carboxylic acids is 1. The van der Waals surface area contributed by atoms with Crippen LogP contribution in [0.1, 0.15) is 21.9 Å². The van der Waals surface area contributed by atoms with Gasteiger partial charge in [-0.25, -0.2) is 9.97 Å². The van der Waals surface area contributed by atoms with Crippen molar-refractivity contribution in [2.24, 2.45) is 0 Å². The molecular weight excluding hydrogens is 302 g/mol. The molecule has 0 unspecified atom stereocenters. The zero-order chi connectivity index (χ0) is 17.4. The summed E-state index contributed by atoms with van der Waals surface area (Å²) in [5.74, 6) is 1.09. The van der Waals surface area contributed by atoms with E-state index in [1.54, 1.807) is 13.0 Å². The number of likely N-dealkylation sites (N-methyl/N-ethyl adjacent to an activating group) is 1. The fraction of sp³-hybridized carbons (Fsp3) is 0.389. The van der Waals surface area contributed by atoms with E-state index < -0.39 is 0 Å². The van der Waals surface area contributed by atoms with Crippen LogP contribution in [0.2, 0.25) is 0 Å². The number of anilines is 1. The monoisotopic (exact) mass is 327 g/mol. The zero-order valence-corrected chi connectivity index (χ0v) is 14.5. The van der Waals surface area contributed by atoms with Gasteiger partial charge in [-0.05, 0) is 33.0 Å². The molecule has 1 aromatic carbocycles. The highest BCUT2D eigenvalue weighted by atomic mass is 16.1. The van der Waals surface area contributed by atoms with Crippen molar-refractivity contribution in [2.45, 2.75) is 13.3 Å². The largest absolute Gasteiger partial charge is 0.370 e. The normalized spacial score (nSPS) is 10.7. The molecule has 0 spiro atoms. The maximum absolute atomic E-state index is 12.2. The summed E-state index contributed by atoms with van der Waals surface area (Å²) in [4.78, 5) is 22.8. The van der Waals surface area contributed by atoms with Crippen LogP contribution in [-0.4, -0.2) is 54.5 Å². The van der Waals surface area contributed by atoms with Crippen molar-refractivity contribution in [3.8, 4) is 0 Å². The predicted molar refractivity (Wildman–Crippen MR) is 96.3 cm³/mol. The molecule has 0 atom stereocenters. The average Bonchev–Trinajstić information content (AvgIpc) is 2.55. The van der Waals surface area contributed by atoms with Crippen LogP contribution in [0.5, 0.6) is 0 Å². The summed E-state index contributed by atoms with van der Waals surface area (Å²) in [6.07, 6.45) is 0.897. The molecule has 0 aliphatic rings. The molecule has 6 nitrogen and oxygen atoms in total. The Labute approximate surface area is 143 Å². The number of benzene rings is 1. The molecule has 0 radical (unpaired) electrons. The molecule has 0 bridgehead atoms. The number of aryl methyl sites for hydroxylation is 1. The first-order valence-corrected chi connectivity index (χ1v) is 8.11. The predicted octanol–water partition coefficient (Wildman–Crippen LogP) is 1.73. The number of carbonyl (C=O) groups is 1. The third-order valence-electron chi connectivity index (χ3n) is 3.48. The molecule has 1 aromatic heterocycles. The molecule has 128 valence electrons. The Morgan fingerprint density at radius 1 is 1.12 bits per heavy atom. The Morgan fingerprint density at radius 3 is 2.58 bits per heavy atom. The molecule has 6 heteroatoms. The minimum Gasteiger partial charge on any atom is -0.370 e. The molecule has 24 heavy (non-hydrogen) atoms. The molecule has 1 amide bonds. The quantitative estimate of drug-likeness (QED) is 0.773. The SMILES string of the molecule is Cc1nc(NCCc2ccccc2)cc(C(=O)NCCN(C)C)n1. The second-order valence-corrected chi connectivity index (χ2v) is 5.91. The van der Waals surface area contributed by atoms with Gasteiger partial charge in [0.1, 0.15) is 17.3 Å². The van der Waals surface area contributed by atoms with E-state index in [2.05, 4.69) is 32.7 Å². The van der Waals surface area contributed by atoms with Crippen LogP contribution in [0.4, 0.5) is 5.82 Å². The van der Waals surface area contributed by atoms with Gasteiger partial charge in [-0.2, -0.15) is 0 Å². The van der Waals surface area contributed by atoms with Crippen molar-refractivity contribution in [1.29, 1.82) is 0 Å². The van der Waals surface area contributed by atoms with E-state index in [0.717, 1.165) is 19.5 Å². The van der Waals surface area contributed by atoms with Crippen LogP contribution in [0, 0.1) is 6.92 Å². The third kappa shape index (κ3) is 5.96. The summed E-state index contributed by atoms with van der Waals surface area (Å²) in [6.45, 7) is 3.92. The number of hydrogen-bond donors (Lipinski definition) is 2. The van der Waals surface area contributed by atoms with Gasteiger partial charge in [0.05, 0.1) is 0 Å². The summed E-state index contributed by atoms with van der Waals surface area (Å²) >= 11 is 0. The number of aromatic nitrogens is 2. The van der Waals surface area contributed by atoms with Gasteiger partial charge >= 0.3 is 0 Å². The van der Waals surface area contributed by atoms with Crippen LogP contribution in [0.15, 0.2) is 36.4 Å². The van der Waals surface area contributed by atoms with Crippen molar-refractivity contribution in [3.05, 3.63) is 53.5 Å². The maximum atomic E-state index is 12.2. The fourth-order valence-electron chi connectivity index (χ4n) is 2.24. The van der Waals surface area contributed by atoms with Crippen LogP contribution in [0.25, 0.3) is 0 Å². The Hall–Kier alpha value is -2.47. The molecule has 0 fully saturated rings. The standard InChI is InChI=1S/C18H25N5O/c1-14-21-16(18(24)20-11-12-23(2)3)13-17(22-14)19-10-9-15-7-5-4-6-8-15/h4-8,13H,9-12H2,1-3H3,(H,20,24)(H,19,21,22). The molecular formula is C18H25N5O. The molecule has 0 aliphatic carbocycles. The summed E-state index contributed by atoms with van der Waals surface area (Å²) in [5.41, 5.74) is 1.65. The van der Waals surface area contributed by atoms with Gasteiger partial charge in [0, 0.05) is 25.7 Å². The Bertz CT molecular complexity index is 658. The van der Waals surface area contributed by atoms with E-state index in [-0.39, 0.29) is 5.91 Å². The highest BCUT2D eigenvalue weighted by Gasteiger charge is 2.10. The van der Waals surface area contributed by atoms with Crippen molar-refractivity contribution in [3.63, 3.8) is 0 Å². The van der Waals surface area contributed by atoms with Crippen molar-refractivity contribution in [1.82, 2.24) is 20.2 Å². The summed E-state index contributed by atoms with van der Waals surface area (Å²) in [7, 11) is 3.94. The van der Waals surface area contributed by atoms with Gasteiger partial charge in [0.2, 0.25) is 0 Å². The van der Waals surface area contributed by atoms with Gasteiger partial charge in [-0.15, -0.1) is 0 Å². The summed E-state index contributed by atoms with van der Waals surface area (Å²) in [5, 5.41) is 6.13. The van der Waals surface area contributed by atoms with Crippen molar-refractivity contribution < 1.29 is 4.79 Å². The molecule has 1 heterocycles. The summed E-state index contributed by atoms with van der Waals surface area (Å²) < 4.78 is 0. The third-order valence-corrected chi connectivity index (χ3v) is 3.48. The number of rotatable bonds is 8. The number of nitrogens with one attached hydrogen (secondary N) is 2. The van der Waals surface area contributed by atoms with Gasteiger partial charge < -0.3 is 15.5 Å². The number of hydrogen-bond acceptors (Lipinski definition) is 5. The van der Waals surface area contributed by atoms with E-state index in [4.69, 9.17) is 0 Å². The highest BCUT2D eigenvalue weighted by Crippen LogP contribution is 2.07. The number of amides is 1. The first-order valence-electron chi connectivity index (χ1n) is 8.11. The molecule has 2 rings (SSSR count). The molecule has 0 saturated heterocycles. The molecule has 2 N–H and O–H groups in total. The van der Waals surface area contributed by atoms with Crippen molar-refractivity contribution >= 4 is 11.7 Å². The van der Waals surface area contributed by atoms with E-state index in [1.807, 2.05) is 37.2 Å². The molecule has 2 aromatic rings. The van der Waals surface area contributed by atoms with Crippen molar-refractivity contribution in [2.75, 3.05) is 39.0 Å². The van der Waals surface area contributed by atoms with E-state index in [1.165, 1.54) is 5.56 Å². The van der Waals surface area contributed by atoms with E-state index in [9.17, 15) is 4.79 Å². The van der Waals surface area contributed by atoms with Crippen LogP contribution in [0.3, 0.4) is 0 Å². The van der Waals surface area contributed by atoms with Gasteiger partial charge in [0.15, 0.2) is 0 Å². The second kappa shape index (κ2) is 8.98. The van der Waals surface area contributed by atoms with Gasteiger partial charge in [-0.3, -0.25) is 4.79 Å². The zero-order valence-electron chi connectivity index (χ0n) is 14.5. The van der Waals surface area contributed by atoms with E-state index >= 15 is 0 Å². The highest BCUT2D eigenvalue weighted by molar-refractivity contribution is 5.92. The minimum atomic E-state index is -0.173. The second-order valence-electron chi connectivity index (χ2n) is 5.91. The Balaban J connectivity index is 1.91. The lowest BCUT2D eigenvalue weighted by atomic mass is 10.1. The molecule has 0 aliphatic heterocycles. The van der Waals surface area contributed by atoms with Crippen LogP contribution >= 0.6 is 0 Å². The smallest absolute Gasteiger partial charge is 0.270 e. The topological polar surface area (TPSA) is 70.2 Å². The van der Waals surface area contributed by atoms with Gasteiger partial charge in [0.25, 0.3) is 5.91 Å². The van der Waals surface area contributed by atoms with Crippen LogP contribution < -0.4 is 10.6 Å². The summed E-state index contributed by atoms with van der Waals surface area (Å²) in [6, 6.07) is 11.9.